The molecule has 30 heavy (non-hydrogen) atoms. The Morgan fingerprint density at radius 3 is 1.47 bits per heavy atom. The zero-order valence-electron chi connectivity index (χ0n) is 18.0. The molecule has 0 radical (unpaired) electrons. The van der Waals surface area contributed by atoms with Crippen molar-refractivity contribution in [2.75, 3.05) is 0 Å². The summed E-state index contributed by atoms with van der Waals surface area (Å²) in [7, 11) is 0. The predicted molar refractivity (Wildman–Crippen MR) is 144 cm³/mol. The van der Waals surface area contributed by atoms with Crippen LogP contribution in [0.2, 0.25) is 0 Å². The van der Waals surface area contributed by atoms with Crippen molar-refractivity contribution < 1.29 is 0 Å². The van der Waals surface area contributed by atoms with Gasteiger partial charge in [-0.2, -0.15) is 0 Å². The second-order valence-corrected chi connectivity index (χ2v) is 12.9. The summed E-state index contributed by atoms with van der Waals surface area (Å²) in [6.07, 6.45) is 13.3. The first kappa shape index (κ1) is 20.9. The van der Waals surface area contributed by atoms with E-state index in [0.717, 1.165) is 0 Å². The van der Waals surface area contributed by atoms with Gasteiger partial charge in [0.25, 0.3) is 0 Å². The molecule has 1 aromatic carbocycles. The van der Waals surface area contributed by atoms with Gasteiger partial charge in [-0.15, -0.1) is 45.3 Å². The normalized spacial score (nSPS) is 12.3. The first-order chi connectivity index (χ1) is 14.8. The van der Waals surface area contributed by atoms with Crippen molar-refractivity contribution in [3.05, 3.63) is 34.0 Å². The standard InChI is InChI=1S/C26H30S4/c1-3-5-7-9-11-17-13-23-25(27-17)19-15-20-22(16-21(19)29-23)30-24-14-18(28-26(20)24)12-10-8-6-4-2/h13-16H,3-12H2,1-2H3. The molecule has 0 unspecified atom stereocenters. The van der Waals surface area contributed by atoms with Crippen molar-refractivity contribution in [2.45, 2.75) is 78.1 Å². The van der Waals surface area contributed by atoms with Crippen LogP contribution in [-0.4, -0.2) is 0 Å². The molecule has 158 valence electrons. The molecule has 0 nitrogen and oxygen atoms in total. The van der Waals surface area contributed by atoms with Gasteiger partial charge in [0.05, 0.1) is 9.40 Å². The van der Waals surface area contributed by atoms with Crippen molar-refractivity contribution in [2.24, 2.45) is 0 Å². The molecule has 5 aromatic rings. The van der Waals surface area contributed by atoms with E-state index in [1.54, 1.807) is 9.75 Å². The minimum Gasteiger partial charge on any atom is -0.139 e. The molecule has 0 spiro atoms. The quantitative estimate of drug-likeness (QED) is 0.178. The maximum absolute atomic E-state index is 2.51. The lowest BCUT2D eigenvalue weighted by Gasteiger charge is -1.97. The topological polar surface area (TPSA) is 0 Å². The molecule has 4 heterocycles. The molecular formula is C26H30S4. The van der Waals surface area contributed by atoms with E-state index in [1.807, 2.05) is 45.3 Å². The van der Waals surface area contributed by atoms with Gasteiger partial charge in [0.1, 0.15) is 0 Å². The van der Waals surface area contributed by atoms with Crippen molar-refractivity contribution >= 4 is 84.3 Å². The van der Waals surface area contributed by atoms with Crippen molar-refractivity contribution in [3.8, 4) is 0 Å². The maximum Gasteiger partial charge on any atom is 0.0532 e. The van der Waals surface area contributed by atoms with Gasteiger partial charge in [-0.05, 0) is 49.9 Å². The average Bonchev–Trinajstić information content (AvgIpc) is 3.46. The van der Waals surface area contributed by atoms with Gasteiger partial charge in [0.2, 0.25) is 0 Å². The van der Waals surface area contributed by atoms with E-state index in [9.17, 15) is 0 Å². The van der Waals surface area contributed by atoms with E-state index in [0.29, 0.717) is 0 Å². The molecule has 0 atom stereocenters. The minimum absolute atomic E-state index is 1.25. The molecule has 4 aromatic heterocycles. The van der Waals surface area contributed by atoms with Crippen LogP contribution in [0, 0.1) is 0 Å². The highest BCUT2D eigenvalue weighted by atomic mass is 32.1. The lowest BCUT2D eigenvalue weighted by molar-refractivity contribution is 0.670. The molecule has 5 rings (SSSR count). The smallest absolute Gasteiger partial charge is 0.0532 e. The number of hydrogen-bond donors (Lipinski definition) is 0. The predicted octanol–water partition coefficient (Wildman–Crippen LogP) is 10.8. The van der Waals surface area contributed by atoms with Crippen LogP contribution in [0.4, 0.5) is 0 Å². The summed E-state index contributed by atoms with van der Waals surface area (Å²) in [6.45, 7) is 4.58. The van der Waals surface area contributed by atoms with Crippen molar-refractivity contribution in [1.82, 2.24) is 0 Å². The fourth-order valence-electron chi connectivity index (χ4n) is 4.39. The van der Waals surface area contributed by atoms with E-state index in [-0.39, 0.29) is 0 Å². The second-order valence-electron chi connectivity index (χ2n) is 8.48. The summed E-state index contributed by atoms with van der Waals surface area (Å²) < 4.78 is 8.98. The third kappa shape index (κ3) is 4.09. The fourth-order valence-corrected chi connectivity index (χ4v) is 9.67. The molecule has 0 amide bonds. The van der Waals surface area contributed by atoms with E-state index in [4.69, 9.17) is 0 Å². The van der Waals surface area contributed by atoms with Crippen LogP contribution in [0.15, 0.2) is 24.3 Å². The number of thiophene rings is 4. The van der Waals surface area contributed by atoms with Gasteiger partial charge in [-0.1, -0.05) is 52.4 Å². The zero-order valence-corrected chi connectivity index (χ0v) is 21.3. The van der Waals surface area contributed by atoms with Crippen molar-refractivity contribution in [3.63, 3.8) is 0 Å². The van der Waals surface area contributed by atoms with E-state index in [2.05, 4.69) is 38.1 Å². The van der Waals surface area contributed by atoms with E-state index >= 15 is 0 Å². The van der Waals surface area contributed by atoms with Crippen LogP contribution in [0.1, 0.15) is 75.0 Å². The summed E-state index contributed by atoms with van der Waals surface area (Å²) in [5, 5.41) is 2.98. The van der Waals surface area contributed by atoms with E-state index in [1.165, 1.54) is 103 Å². The summed E-state index contributed by atoms with van der Waals surface area (Å²) in [5.74, 6) is 0. The SMILES string of the molecule is CCCCCCc1cc2sc3cc4sc5cc(CCCCCC)sc5c4cc3c2s1. The van der Waals surface area contributed by atoms with Crippen LogP contribution in [-0.2, 0) is 12.8 Å². The largest absolute Gasteiger partial charge is 0.139 e. The fraction of sp³-hybridized carbons (Fsp3) is 0.462. The van der Waals surface area contributed by atoms with Gasteiger partial charge in [0.15, 0.2) is 0 Å². The van der Waals surface area contributed by atoms with Crippen LogP contribution in [0.25, 0.3) is 39.0 Å². The maximum atomic E-state index is 2.51. The van der Waals surface area contributed by atoms with E-state index < -0.39 is 0 Å². The minimum atomic E-state index is 1.25. The molecule has 0 aliphatic carbocycles. The Hall–Kier alpha value is -0.940. The molecule has 4 heteroatoms. The molecular weight excluding hydrogens is 441 g/mol. The molecule has 0 saturated carbocycles. The number of hydrogen-bond acceptors (Lipinski definition) is 4. The first-order valence-electron chi connectivity index (χ1n) is 11.6. The number of benzene rings is 1. The molecule has 0 fully saturated rings. The monoisotopic (exact) mass is 470 g/mol. The highest BCUT2D eigenvalue weighted by molar-refractivity contribution is 7.34. The molecule has 0 saturated heterocycles. The molecule has 0 aliphatic rings. The highest BCUT2D eigenvalue weighted by Crippen LogP contribution is 2.46. The van der Waals surface area contributed by atoms with Gasteiger partial charge in [-0.3, -0.25) is 0 Å². The Bertz CT molecular complexity index is 1180. The lowest BCUT2D eigenvalue weighted by atomic mass is 10.1. The second kappa shape index (κ2) is 9.28. The number of fused-ring (bicyclic) bond motifs is 6. The lowest BCUT2D eigenvalue weighted by Crippen LogP contribution is -1.80. The number of unbranched alkanes of at least 4 members (excludes halogenated alkanes) is 6. The summed E-state index contributed by atoms with van der Waals surface area (Å²) >= 11 is 8.08. The number of aryl methyl sites for hydroxylation is 2. The Kier molecular flexibility index (Phi) is 6.47. The molecule has 0 aliphatic heterocycles. The van der Waals surface area contributed by atoms with Crippen LogP contribution in [0.3, 0.4) is 0 Å². The highest BCUT2D eigenvalue weighted by Gasteiger charge is 2.15. The van der Waals surface area contributed by atoms with Crippen LogP contribution in [0.5, 0.6) is 0 Å². The molecule has 0 N–H and O–H groups in total. The third-order valence-corrected chi connectivity index (χ3v) is 11.0. The van der Waals surface area contributed by atoms with Gasteiger partial charge < -0.3 is 0 Å². The Labute approximate surface area is 195 Å². The first-order valence-corrected chi connectivity index (χ1v) is 14.8. The Morgan fingerprint density at radius 1 is 0.500 bits per heavy atom. The Balaban J connectivity index is 1.45. The average molecular weight is 471 g/mol. The summed E-state index contributed by atoms with van der Waals surface area (Å²) in [6, 6.07) is 9.91. The summed E-state index contributed by atoms with van der Waals surface area (Å²) in [5.41, 5.74) is 0. The zero-order chi connectivity index (χ0) is 20.5. The molecule has 0 bridgehead atoms. The summed E-state index contributed by atoms with van der Waals surface area (Å²) in [4.78, 5) is 3.16. The Morgan fingerprint density at radius 2 is 1.00 bits per heavy atom. The van der Waals surface area contributed by atoms with Crippen LogP contribution >= 0.6 is 45.3 Å². The van der Waals surface area contributed by atoms with Gasteiger partial charge in [0, 0.05) is 39.3 Å². The van der Waals surface area contributed by atoms with Gasteiger partial charge in [-0.25, -0.2) is 0 Å². The van der Waals surface area contributed by atoms with Crippen molar-refractivity contribution in [1.29, 1.82) is 0 Å². The third-order valence-electron chi connectivity index (χ3n) is 6.06. The van der Waals surface area contributed by atoms with Crippen LogP contribution < -0.4 is 0 Å². The van der Waals surface area contributed by atoms with Gasteiger partial charge >= 0.3 is 0 Å². The number of rotatable bonds is 10.